The summed E-state index contributed by atoms with van der Waals surface area (Å²) in [5, 5.41) is 0. The first-order chi connectivity index (χ1) is 4.00. The van der Waals surface area contributed by atoms with Gasteiger partial charge in [-0.2, -0.15) is 15.6 Å². The van der Waals surface area contributed by atoms with Crippen molar-refractivity contribution in [3.05, 3.63) is 0 Å². The molecule has 0 aromatic carbocycles. The van der Waals surface area contributed by atoms with E-state index in [1.165, 1.54) is 0 Å². The molecule has 0 saturated carbocycles. The standard InChI is InChI=1S/3Ca.2H3O4P.3Zn.6H/c;;;2*1-5(2,3)4;;;;;;;;;/h;;;2*(H3,1,2,3,4);;;;;;;;;/q3*+2;;;3*+2;6*-1/p-6. The average molecular weight is 512 g/mol. The van der Waals surface area contributed by atoms with Crippen molar-refractivity contribution in [2.24, 2.45) is 0 Å². The maximum atomic E-state index is 8.55. The Morgan fingerprint density at radius 3 is 0.562 bits per heavy atom. The van der Waals surface area contributed by atoms with Crippen molar-refractivity contribution in [3.8, 4) is 0 Å². The smallest absolute Gasteiger partial charge is 1.00 e. The molecule has 0 N–H and O–H groups in total. The molecule has 76 valence electrons. The van der Waals surface area contributed by atoms with Crippen LogP contribution in [0.3, 0.4) is 0 Å². The Labute approximate surface area is 229 Å². The Morgan fingerprint density at radius 2 is 0.562 bits per heavy atom. The fourth-order valence-electron chi connectivity index (χ4n) is 0. The molecule has 0 fully saturated rings. The summed E-state index contributed by atoms with van der Waals surface area (Å²) in [4.78, 5) is 51.3. The van der Waals surface area contributed by atoms with Crippen LogP contribution in [0.25, 0.3) is 0 Å². The number of hydrogen-bond acceptors (Lipinski definition) is 8. The molecule has 8 nitrogen and oxygen atoms in total. The summed E-state index contributed by atoms with van der Waals surface area (Å²) in [5.74, 6) is 0. The quantitative estimate of drug-likeness (QED) is 0.228. The van der Waals surface area contributed by atoms with Gasteiger partial charge in [0.1, 0.15) is 0 Å². The van der Waals surface area contributed by atoms with Crippen molar-refractivity contribution in [2.75, 3.05) is 0 Å². The van der Waals surface area contributed by atoms with Gasteiger partial charge in [-0.15, -0.1) is 0 Å². The summed E-state index contributed by atoms with van der Waals surface area (Å²) < 4.78 is 17.1. The Morgan fingerprint density at radius 1 is 0.562 bits per heavy atom. The van der Waals surface area contributed by atoms with Crippen LogP contribution in [-0.2, 0) is 67.6 Å². The van der Waals surface area contributed by atoms with Gasteiger partial charge in [-0.3, -0.25) is 0 Å². The molecule has 0 saturated heterocycles. The third-order valence-corrected chi connectivity index (χ3v) is 0. The molecule has 0 aliphatic rings. The summed E-state index contributed by atoms with van der Waals surface area (Å²) in [6, 6.07) is 0. The first-order valence-electron chi connectivity index (χ1n) is 1.46. The zero-order valence-corrected chi connectivity index (χ0v) is 25.7. The van der Waals surface area contributed by atoms with Crippen LogP contribution >= 0.6 is 15.6 Å². The Hall–Kier alpha value is 5.87. The number of phosphoric acid groups is 2. The van der Waals surface area contributed by atoms with E-state index in [9.17, 15) is 0 Å². The molecule has 0 radical (unpaired) electrons. The van der Waals surface area contributed by atoms with Gasteiger partial charge in [0.2, 0.25) is 0 Å². The minimum Gasteiger partial charge on any atom is -1.00 e. The van der Waals surface area contributed by atoms with Crippen molar-refractivity contribution in [1.82, 2.24) is 0 Å². The van der Waals surface area contributed by atoms with E-state index < -0.39 is 15.6 Å². The molecule has 0 aromatic rings. The first kappa shape index (κ1) is 49.5. The van der Waals surface area contributed by atoms with E-state index in [2.05, 4.69) is 0 Å². The van der Waals surface area contributed by atoms with Crippen LogP contribution in [0.15, 0.2) is 0 Å². The van der Waals surface area contributed by atoms with Crippen LogP contribution in [-0.4, -0.2) is 113 Å². The second-order valence-corrected chi connectivity index (χ2v) is 2.68. The van der Waals surface area contributed by atoms with Crippen molar-refractivity contribution in [2.45, 2.75) is 0 Å². The van der Waals surface area contributed by atoms with Crippen LogP contribution in [0, 0.1) is 0 Å². The van der Waals surface area contributed by atoms with E-state index in [1.807, 2.05) is 0 Å². The zero-order valence-electron chi connectivity index (χ0n) is 14.4. The zero-order chi connectivity index (χ0) is 9.00. The molecular formula is H6Ca3O8P2Zn3. The van der Waals surface area contributed by atoms with E-state index >= 15 is 0 Å². The summed E-state index contributed by atoms with van der Waals surface area (Å²) in [7, 11) is -10.8. The van der Waals surface area contributed by atoms with Crippen LogP contribution in [0.4, 0.5) is 0 Å². The molecule has 0 spiro atoms. The van der Waals surface area contributed by atoms with E-state index in [4.69, 9.17) is 38.5 Å². The van der Waals surface area contributed by atoms with Crippen molar-refractivity contribution in [1.29, 1.82) is 0 Å². The van der Waals surface area contributed by atoms with Gasteiger partial charge in [0.15, 0.2) is 0 Å². The molecule has 0 aliphatic carbocycles. The predicted molar refractivity (Wildman–Crippen MR) is 39.1 cm³/mol. The Kier molecular flexibility index (Phi) is 79.9. The summed E-state index contributed by atoms with van der Waals surface area (Å²) in [5.41, 5.74) is 0. The van der Waals surface area contributed by atoms with E-state index in [-0.39, 0.29) is 180 Å². The normalized spacial score (nSPS) is 7.38. The molecular weight excluding hydrogens is 506 g/mol. The molecule has 0 aromatic heterocycles. The maximum absolute atomic E-state index is 8.55. The molecule has 16 heteroatoms. The monoisotopic (exact) mass is 508 g/mol. The van der Waals surface area contributed by atoms with E-state index in [1.54, 1.807) is 0 Å². The van der Waals surface area contributed by atoms with Gasteiger partial charge in [-0.1, -0.05) is 0 Å². The van der Waals surface area contributed by atoms with Gasteiger partial charge in [0, 0.05) is 0 Å². The van der Waals surface area contributed by atoms with Crippen molar-refractivity contribution >= 4 is 129 Å². The van der Waals surface area contributed by atoms with Gasteiger partial charge in [-0.05, 0) is 0 Å². The van der Waals surface area contributed by atoms with E-state index in [0.717, 1.165) is 0 Å². The molecule has 0 heterocycles. The van der Waals surface area contributed by atoms with Gasteiger partial charge < -0.3 is 47.1 Å². The molecule has 0 rings (SSSR count). The summed E-state index contributed by atoms with van der Waals surface area (Å²) in [6.45, 7) is 0. The average Bonchev–Trinajstić information content (AvgIpc) is 1.12. The maximum Gasteiger partial charge on any atom is 2.00 e. The van der Waals surface area contributed by atoms with Crippen molar-refractivity contribution < 1.29 is 105 Å². The van der Waals surface area contributed by atoms with Gasteiger partial charge >= 0.3 is 172 Å². The fraction of sp³-hybridized carbons (Fsp3) is 0. The van der Waals surface area contributed by atoms with Crippen molar-refractivity contribution in [3.63, 3.8) is 0 Å². The molecule has 0 amide bonds. The van der Waals surface area contributed by atoms with Crippen LogP contribution in [0.5, 0.6) is 0 Å². The number of rotatable bonds is 0. The molecule has 0 bridgehead atoms. The molecule has 0 aliphatic heterocycles. The largest absolute Gasteiger partial charge is 2.00 e. The SMILES string of the molecule is O=P([O-])([O-])[O-].O=P([O-])([O-])[O-].[Ca+2].[Ca+2].[Ca+2].[H-].[H-].[H-].[H-].[H-].[H-].[Zn+2].[Zn+2].[Zn+2]. The second-order valence-electron chi connectivity index (χ2n) is 0.894. The minimum atomic E-state index is -5.39. The fourth-order valence-corrected chi connectivity index (χ4v) is 0. The van der Waals surface area contributed by atoms with Gasteiger partial charge in [-0.25, -0.2) is 0 Å². The Balaban J connectivity index is -0.00000000314. The predicted octanol–water partition coefficient (Wildman–Crippen LogP) is -6.12. The van der Waals surface area contributed by atoms with Crippen LogP contribution < -0.4 is 29.4 Å². The third kappa shape index (κ3) is 205. The third-order valence-electron chi connectivity index (χ3n) is 0. The first-order valence-corrected chi connectivity index (χ1v) is 4.38. The summed E-state index contributed by atoms with van der Waals surface area (Å²) in [6.07, 6.45) is 0. The summed E-state index contributed by atoms with van der Waals surface area (Å²) >= 11 is 0. The van der Waals surface area contributed by atoms with Gasteiger partial charge in [0.25, 0.3) is 0 Å². The molecule has 0 unspecified atom stereocenters. The number of hydrogen-bond donors (Lipinski definition) is 0. The van der Waals surface area contributed by atoms with Crippen LogP contribution in [0.1, 0.15) is 8.56 Å². The topological polar surface area (TPSA) is 172 Å². The molecule has 0 atom stereocenters. The Bertz CT molecular complexity index is 159. The second kappa shape index (κ2) is 25.8. The molecule has 16 heavy (non-hydrogen) atoms. The van der Waals surface area contributed by atoms with Gasteiger partial charge in [0.05, 0.1) is 0 Å². The van der Waals surface area contributed by atoms with E-state index in [0.29, 0.717) is 0 Å². The van der Waals surface area contributed by atoms with Crippen LogP contribution in [0.2, 0.25) is 0 Å². The minimum absolute atomic E-state index is 0.